The zero-order valence-corrected chi connectivity index (χ0v) is 13.7. The molecule has 0 spiro atoms. The highest BCUT2D eigenvalue weighted by Gasteiger charge is 2.30. The maximum absolute atomic E-state index is 2.36. The van der Waals surface area contributed by atoms with Crippen molar-refractivity contribution in [2.24, 2.45) is 0 Å². The number of hydrogen-bond donors (Lipinski definition) is 2. The van der Waals surface area contributed by atoms with Crippen molar-refractivity contribution in [3.8, 4) is 0 Å². The van der Waals surface area contributed by atoms with Gasteiger partial charge in [0.25, 0.3) is 0 Å². The molecule has 2 aliphatic rings. The Morgan fingerprint density at radius 2 is 1.67 bits per heavy atom. The van der Waals surface area contributed by atoms with E-state index >= 15 is 0 Å². The summed E-state index contributed by atoms with van der Waals surface area (Å²) in [5, 5.41) is 0. The monoisotopic (exact) mass is 288 g/mol. The molecule has 0 saturated carbocycles. The molecule has 116 valence electrons. The summed E-state index contributed by atoms with van der Waals surface area (Å²) in [6, 6.07) is 10.0. The first-order valence-electron chi connectivity index (χ1n) is 9.05. The van der Waals surface area contributed by atoms with Crippen LogP contribution in [0.3, 0.4) is 0 Å². The van der Waals surface area contributed by atoms with Crippen LogP contribution in [0.25, 0.3) is 0 Å². The van der Waals surface area contributed by atoms with Gasteiger partial charge in [-0.3, -0.25) is 0 Å². The van der Waals surface area contributed by atoms with Crippen LogP contribution in [-0.2, 0) is 6.54 Å². The number of piperidine rings is 1. The predicted molar refractivity (Wildman–Crippen MR) is 87.8 cm³/mol. The minimum Gasteiger partial charge on any atom is -0.332 e. The first-order valence-corrected chi connectivity index (χ1v) is 9.05. The van der Waals surface area contributed by atoms with Gasteiger partial charge in [0.2, 0.25) is 0 Å². The summed E-state index contributed by atoms with van der Waals surface area (Å²) >= 11 is 0. The Morgan fingerprint density at radius 1 is 0.952 bits per heavy atom. The summed E-state index contributed by atoms with van der Waals surface area (Å²) in [4.78, 5) is 3.73. The Morgan fingerprint density at radius 3 is 2.33 bits per heavy atom. The van der Waals surface area contributed by atoms with Crippen LogP contribution in [0.1, 0.15) is 49.7 Å². The van der Waals surface area contributed by atoms with Gasteiger partial charge in [-0.05, 0) is 32.6 Å². The molecule has 2 saturated heterocycles. The van der Waals surface area contributed by atoms with Gasteiger partial charge >= 0.3 is 0 Å². The minimum absolute atomic E-state index is 0.962. The first kappa shape index (κ1) is 15.1. The van der Waals surface area contributed by atoms with Gasteiger partial charge in [0.15, 0.2) is 0 Å². The number of quaternary nitrogens is 2. The fourth-order valence-corrected chi connectivity index (χ4v) is 4.31. The van der Waals surface area contributed by atoms with Crippen LogP contribution in [0, 0.1) is 6.92 Å². The van der Waals surface area contributed by atoms with Gasteiger partial charge in [-0.15, -0.1) is 0 Å². The Hall–Kier alpha value is -0.860. The fraction of sp³-hybridized carbons (Fsp3) is 0.684. The van der Waals surface area contributed by atoms with E-state index in [0.29, 0.717) is 0 Å². The second-order valence-electron chi connectivity index (χ2n) is 7.26. The van der Waals surface area contributed by atoms with Crippen LogP contribution in [0.2, 0.25) is 0 Å². The lowest BCUT2D eigenvalue weighted by Crippen LogP contribution is -3.20. The van der Waals surface area contributed by atoms with Crippen molar-refractivity contribution < 1.29 is 9.80 Å². The zero-order chi connectivity index (χ0) is 14.5. The Labute approximate surface area is 130 Å². The molecule has 1 aromatic rings. The summed E-state index contributed by atoms with van der Waals surface area (Å²) in [5.74, 6) is 0. The number of likely N-dealkylation sites (tertiary alicyclic amines) is 2. The third kappa shape index (κ3) is 4.31. The smallest absolute Gasteiger partial charge is 0.103 e. The van der Waals surface area contributed by atoms with Crippen LogP contribution in [0.4, 0.5) is 0 Å². The lowest BCUT2D eigenvalue weighted by atomic mass is 10.0. The molecule has 2 heteroatoms. The second-order valence-corrected chi connectivity index (χ2v) is 7.26. The third-order valence-corrected chi connectivity index (χ3v) is 5.55. The Kier molecular flexibility index (Phi) is 5.32. The lowest BCUT2D eigenvalue weighted by Gasteiger charge is -2.34. The predicted octanol–water partition coefficient (Wildman–Crippen LogP) is 1.00. The van der Waals surface area contributed by atoms with Gasteiger partial charge in [-0.2, -0.15) is 0 Å². The summed E-state index contributed by atoms with van der Waals surface area (Å²) in [5.41, 5.74) is 2.92. The maximum Gasteiger partial charge on any atom is 0.103 e. The average Bonchev–Trinajstić information content (AvgIpc) is 2.77. The zero-order valence-electron chi connectivity index (χ0n) is 13.7. The molecule has 0 aromatic heterocycles. The van der Waals surface area contributed by atoms with Crippen molar-refractivity contribution in [2.75, 3.05) is 26.2 Å². The molecule has 0 aliphatic carbocycles. The molecule has 3 rings (SSSR count). The van der Waals surface area contributed by atoms with E-state index in [1.54, 1.807) is 4.90 Å². The molecule has 0 radical (unpaired) electrons. The lowest BCUT2D eigenvalue weighted by molar-refractivity contribution is -0.963. The highest BCUT2D eigenvalue weighted by molar-refractivity contribution is 5.21. The number of nitrogens with one attached hydrogen (secondary N) is 2. The largest absolute Gasteiger partial charge is 0.332 e. The molecule has 21 heavy (non-hydrogen) atoms. The highest BCUT2D eigenvalue weighted by Crippen LogP contribution is 2.05. The van der Waals surface area contributed by atoms with Crippen LogP contribution >= 0.6 is 0 Å². The van der Waals surface area contributed by atoms with E-state index in [0.717, 1.165) is 6.04 Å². The van der Waals surface area contributed by atoms with Gasteiger partial charge < -0.3 is 9.80 Å². The van der Waals surface area contributed by atoms with Gasteiger partial charge in [0.05, 0.1) is 32.2 Å². The SMILES string of the molecule is Cc1cccc(C[NH+]2CCC([NH+]3CCCCCC3)CC2)c1. The third-order valence-electron chi connectivity index (χ3n) is 5.55. The van der Waals surface area contributed by atoms with Gasteiger partial charge in [0, 0.05) is 18.4 Å². The molecule has 2 nitrogen and oxygen atoms in total. The van der Waals surface area contributed by atoms with Crippen LogP contribution in [-0.4, -0.2) is 32.2 Å². The number of rotatable bonds is 3. The molecule has 2 N–H and O–H groups in total. The van der Waals surface area contributed by atoms with Crippen molar-refractivity contribution >= 4 is 0 Å². The minimum atomic E-state index is 0.962. The standard InChI is InChI=1S/C19H30N2/c1-17-7-6-8-18(15-17)16-20-13-9-19(10-14-20)21-11-4-2-3-5-12-21/h6-8,15,19H,2-5,9-14,16H2,1H3/p+2. The molecule has 2 heterocycles. The van der Waals surface area contributed by atoms with Crippen molar-refractivity contribution in [3.63, 3.8) is 0 Å². The van der Waals surface area contributed by atoms with Crippen molar-refractivity contribution in [1.82, 2.24) is 0 Å². The highest BCUT2D eigenvalue weighted by atomic mass is 15.2. The molecular weight excluding hydrogens is 256 g/mol. The number of benzene rings is 1. The van der Waals surface area contributed by atoms with Crippen LogP contribution in [0.5, 0.6) is 0 Å². The molecule has 0 atom stereocenters. The van der Waals surface area contributed by atoms with Crippen molar-refractivity contribution in [3.05, 3.63) is 35.4 Å². The topological polar surface area (TPSA) is 8.88 Å². The van der Waals surface area contributed by atoms with E-state index in [1.807, 2.05) is 4.90 Å². The number of hydrogen-bond acceptors (Lipinski definition) is 0. The van der Waals surface area contributed by atoms with Crippen LogP contribution in [0.15, 0.2) is 24.3 Å². The van der Waals surface area contributed by atoms with E-state index in [9.17, 15) is 0 Å². The van der Waals surface area contributed by atoms with Gasteiger partial charge in [0.1, 0.15) is 6.54 Å². The Bertz CT molecular complexity index is 427. The normalized spacial score (nSPS) is 28.2. The summed E-state index contributed by atoms with van der Waals surface area (Å²) in [7, 11) is 0. The maximum atomic E-state index is 2.36. The van der Waals surface area contributed by atoms with E-state index in [1.165, 1.54) is 82.4 Å². The molecule has 2 aliphatic heterocycles. The summed E-state index contributed by atoms with van der Waals surface area (Å²) in [6.07, 6.45) is 8.76. The molecule has 0 unspecified atom stereocenters. The van der Waals surface area contributed by atoms with Crippen molar-refractivity contribution in [1.29, 1.82) is 0 Å². The molecule has 0 amide bonds. The quantitative estimate of drug-likeness (QED) is 0.821. The van der Waals surface area contributed by atoms with E-state index in [2.05, 4.69) is 31.2 Å². The van der Waals surface area contributed by atoms with E-state index < -0.39 is 0 Å². The molecular formula is C19H32N2+2. The van der Waals surface area contributed by atoms with Crippen molar-refractivity contribution in [2.45, 2.75) is 58.0 Å². The van der Waals surface area contributed by atoms with E-state index in [-0.39, 0.29) is 0 Å². The second kappa shape index (κ2) is 7.42. The molecule has 1 aromatic carbocycles. The van der Waals surface area contributed by atoms with Crippen LogP contribution < -0.4 is 9.80 Å². The van der Waals surface area contributed by atoms with Gasteiger partial charge in [-0.25, -0.2) is 0 Å². The summed E-state index contributed by atoms with van der Waals surface area (Å²) < 4.78 is 0. The first-order chi connectivity index (χ1) is 10.3. The number of aryl methyl sites for hydroxylation is 1. The van der Waals surface area contributed by atoms with Gasteiger partial charge in [-0.1, -0.05) is 29.8 Å². The molecule has 0 bridgehead atoms. The summed E-state index contributed by atoms with van der Waals surface area (Å²) in [6.45, 7) is 9.07. The average molecular weight is 288 g/mol. The fourth-order valence-electron chi connectivity index (χ4n) is 4.31. The Balaban J connectivity index is 1.48. The van der Waals surface area contributed by atoms with E-state index in [4.69, 9.17) is 0 Å². The molecule has 2 fully saturated rings.